The summed E-state index contributed by atoms with van der Waals surface area (Å²) in [5, 5.41) is 0. The Labute approximate surface area is 342 Å². The number of hydrogen-bond acceptors (Lipinski definition) is 6. The summed E-state index contributed by atoms with van der Waals surface area (Å²) in [4.78, 5) is 37.8. The van der Waals surface area contributed by atoms with Gasteiger partial charge >= 0.3 is 17.9 Å². The van der Waals surface area contributed by atoms with Crippen molar-refractivity contribution in [1.82, 2.24) is 0 Å². The van der Waals surface area contributed by atoms with E-state index in [0.717, 1.165) is 63.7 Å². The Kier molecular flexibility index (Phi) is 42.3. The van der Waals surface area contributed by atoms with Crippen molar-refractivity contribution in [2.45, 2.75) is 278 Å². The van der Waals surface area contributed by atoms with Crippen LogP contribution in [0.4, 0.5) is 0 Å². The van der Waals surface area contributed by atoms with Gasteiger partial charge in [0.2, 0.25) is 0 Å². The van der Waals surface area contributed by atoms with Crippen molar-refractivity contribution in [3.05, 3.63) is 0 Å². The highest BCUT2D eigenvalue weighted by Crippen LogP contribution is 2.17. The summed E-state index contributed by atoms with van der Waals surface area (Å²) in [6.45, 7) is 9.03. The molecule has 0 fully saturated rings. The average molecular weight is 779 g/mol. The Balaban J connectivity index is 4.33. The second-order valence-electron chi connectivity index (χ2n) is 17.0. The van der Waals surface area contributed by atoms with Gasteiger partial charge < -0.3 is 14.2 Å². The fourth-order valence-corrected chi connectivity index (χ4v) is 7.30. The number of carbonyl (C=O) groups excluding carboxylic acids is 3. The van der Waals surface area contributed by atoms with Gasteiger partial charge in [-0.2, -0.15) is 0 Å². The number of esters is 3. The third-order valence-corrected chi connectivity index (χ3v) is 11.4. The van der Waals surface area contributed by atoms with E-state index in [1.54, 1.807) is 0 Å². The molecule has 55 heavy (non-hydrogen) atoms. The van der Waals surface area contributed by atoms with Gasteiger partial charge in [-0.3, -0.25) is 14.4 Å². The first-order valence-corrected chi connectivity index (χ1v) is 24.4. The Morgan fingerprint density at radius 2 is 0.636 bits per heavy atom. The van der Waals surface area contributed by atoms with Gasteiger partial charge in [0, 0.05) is 19.3 Å². The van der Waals surface area contributed by atoms with E-state index in [-0.39, 0.29) is 31.1 Å². The maximum absolute atomic E-state index is 12.7. The molecule has 0 spiro atoms. The van der Waals surface area contributed by atoms with Gasteiger partial charge in [0.1, 0.15) is 13.2 Å². The second kappa shape index (κ2) is 43.5. The minimum absolute atomic E-state index is 0.0633. The topological polar surface area (TPSA) is 78.9 Å². The van der Waals surface area contributed by atoms with Gasteiger partial charge in [0.15, 0.2) is 6.10 Å². The van der Waals surface area contributed by atoms with Crippen LogP contribution in [0.5, 0.6) is 0 Å². The zero-order chi connectivity index (χ0) is 40.3. The van der Waals surface area contributed by atoms with E-state index in [0.29, 0.717) is 19.3 Å². The third-order valence-electron chi connectivity index (χ3n) is 11.4. The molecule has 0 N–H and O–H groups in total. The monoisotopic (exact) mass is 779 g/mol. The van der Waals surface area contributed by atoms with E-state index in [9.17, 15) is 14.4 Å². The molecule has 0 aliphatic rings. The molecule has 0 amide bonds. The van der Waals surface area contributed by atoms with E-state index >= 15 is 0 Å². The van der Waals surface area contributed by atoms with Crippen molar-refractivity contribution in [2.75, 3.05) is 13.2 Å². The van der Waals surface area contributed by atoms with Crippen LogP contribution in [0.1, 0.15) is 272 Å². The summed E-state index contributed by atoms with van der Waals surface area (Å²) < 4.78 is 16.8. The molecule has 0 saturated carbocycles. The first-order chi connectivity index (χ1) is 26.9. The van der Waals surface area contributed by atoms with Crippen molar-refractivity contribution in [2.24, 2.45) is 5.92 Å². The largest absolute Gasteiger partial charge is 0.462 e. The van der Waals surface area contributed by atoms with Crippen LogP contribution in [0.25, 0.3) is 0 Å². The van der Waals surface area contributed by atoms with Gasteiger partial charge in [0.25, 0.3) is 0 Å². The smallest absolute Gasteiger partial charge is 0.306 e. The molecule has 0 aromatic heterocycles. The summed E-state index contributed by atoms with van der Waals surface area (Å²) in [6, 6.07) is 0. The molecule has 0 radical (unpaired) electrons. The molecule has 326 valence electrons. The molecule has 1 unspecified atom stereocenters. The van der Waals surface area contributed by atoms with E-state index in [1.165, 1.54) is 167 Å². The van der Waals surface area contributed by atoms with Gasteiger partial charge in [-0.15, -0.1) is 0 Å². The molecule has 0 aromatic rings. The first kappa shape index (κ1) is 53.4. The Morgan fingerprint density at radius 1 is 0.364 bits per heavy atom. The zero-order valence-electron chi connectivity index (χ0n) is 37.4. The Morgan fingerprint density at radius 3 is 0.945 bits per heavy atom. The fourth-order valence-electron chi connectivity index (χ4n) is 7.30. The number of ether oxygens (including phenoxy) is 3. The summed E-state index contributed by atoms with van der Waals surface area (Å²) in [7, 11) is 0. The van der Waals surface area contributed by atoms with Crippen molar-refractivity contribution in [3.8, 4) is 0 Å². The molecule has 0 aromatic carbocycles. The maximum Gasteiger partial charge on any atom is 0.306 e. The van der Waals surface area contributed by atoms with Crippen LogP contribution in [0, 0.1) is 5.92 Å². The highest BCUT2D eigenvalue weighted by Gasteiger charge is 2.19. The summed E-state index contributed by atoms with van der Waals surface area (Å²) in [5.41, 5.74) is 0. The highest BCUT2D eigenvalue weighted by molar-refractivity contribution is 5.71. The van der Waals surface area contributed by atoms with Gasteiger partial charge in [-0.25, -0.2) is 0 Å². The predicted molar refractivity (Wildman–Crippen MR) is 233 cm³/mol. The average Bonchev–Trinajstić information content (AvgIpc) is 3.18. The first-order valence-electron chi connectivity index (χ1n) is 24.4. The van der Waals surface area contributed by atoms with Crippen molar-refractivity contribution >= 4 is 17.9 Å². The lowest BCUT2D eigenvalue weighted by molar-refractivity contribution is -0.167. The lowest BCUT2D eigenvalue weighted by Crippen LogP contribution is -2.30. The standard InChI is InChI=1S/C49H94O6/c1-5-8-10-12-14-16-18-20-25-29-33-37-41-48(51)54-44-46(43-53-47(50)40-36-32-28-24-19-17-15-13-11-9-6-2)55-49(52)42-38-34-30-26-22-21-23-27-31-35-39-45(4)7-3/h45-46H,5-44H2,1-4H3/t45?,46-/m1/s1. The van der Waals surface area contributed by atoms with Crippen LogP contribution < -0.4 is 0 Å². The molecule has 0 bridgehead atoms. The lowest BCUT2D eigenvalue weighted by Gasteiger charge is -2.18. The lowest BCUT2D eigenvalue weighted by atomic mass is 9.99. The molecule has 6 heteroatoms. The van der Waals surface area contributed by atoms with E-state index < -0.39 is 6.10 Å². The predicted octanol–water partition coefficient (Wildman–Crippen LogP) is 15.5. The van der Waals surface area contributed by atoms with Crippen molar-refractivity contribution in [3.63, 3.8) is 0 Å². The SMILES string of the molecule is CCCCCCCCCCCCCCC(=O)OC[C@@H](COC(=O)CCCCCCCCCCCCC)OC(=O)CCCCCCCCCCCCC(C)CC. The minimum Gasteiger partial charge on any atom is -0.462 e. The molecule has 0 aliphatic carbocycles. The van der Waals surface area contributed by atoms with Crippen LogP contribution >= 0.6 is 0 Å². The van der Waals surface area contributed by atoms with Gasteiger partial charge in [-0.05, 0) is 25.2 Å². The van der Waals surface area contributed by atoms with Crippen molar-refractivity contribution < 1.29 is 28.6 Å². The molecular weight excluding hydrogens is 685 g/mol. The molecule has 0 saturated heterocycles. The van der Waals surface area contributed by atoms with Gasteiger partial charge in [0.05, 0.1) is 0 Å². The summed E-state index contributed by atoms with van der Waals surface area (Å²) in [5.74, 6) is 0.0177. The third kappa shape index (κ3) is 41.9. The number of hydrogen-bond donors (Lipinski definition) is 0. The maximum atomic E-state index is 12.7. The number of rotatable bonds is 44. The van der Waals surface area contributed by atoms with Crippen LogP contribution in [0.15, 0.2) is 0 Å². The molecular formula is C49H94O6. The minimum atomic E-state index is -0.759. The van der Waals surface area contributed by atoms with E-state index in [4.69, 9.17) is 14.2 Å². The van der Waals surface area contributed by atoms with Crippen LogP contribution in [-0.2, 0) is 28.6 Å². The van der Waals surface area contributed by atoms with E-state index in [1.807, 2.05) is 0 Å². The Hall–Kier alpha value is -1.59. The molecule has 2 atom stereocenters. The van der Waals surface area contributed by atoms with Crippen LogP contribution in [0.3, 0.4) is 0 Å². The van der Waals surface area contributed by atoms with E-state index in [2.05, 4.69) is 27.7 Å². The molecule has 0 heterocycles. The molecule has 0 aliphatic heterocycles. The van der Waals surface area contributed by atoms with Crippen LogP contribution in [0.2, 0.25) is 0 Å². The highest BCUT2D eigenvalue weighted by atomic mass is 16.6. The zero-order valence-corrected chi connectivity index (χ0v) is 37.4. The fraction of sp³-hybridized carbons (Fsp3) is 0.939. The quantitative estimate of drug-likeness (QED) is 0.0348. The summed E-state index contributed by atoms with van der Waals surface area (Å²) >= 11 is 0. The Bertz CT molecular complexity index is 828. The number of carbonyl (C=O) groups is 3. The normalized spacial score (nSPS) is 12.4. The molecule has 6 nitrogen and oxygen atoms in total. The summed E-state index contributed by atoms with van der Waals surface area (Å²) in [6.07, 6.45) is 43.6. The van der Waals surface area contributed by atoms with Gasteiger partial charge in [-0.1, -0.05) is 233 Å². The molecule has 0 rings (SSSR count). The second-order valence-corrected chi connectivity index (χ2v) is 17.0. The number of unbranched alkanes of at least 4 members (excludes halogenated alkanes) is 30. The van der Waals surface area contributed by atoms with Crippen molar-refractivity contribution in [1.29, 1.82) is 0 Å². The van der Waals surface area contributed by atoms with Crippen LogP contribution in [-0.4, -0.2) is 37.2 Å².